The average Bonchev–Trinajstić information content (AvgIpc) is 2.27. The average molecular weight is 222 g/mol. The minimum absolute atomic E-state index is 0.0481. The number of aryl methyl sites for hydroxylation is 1. The minimum Gasteiger partial charge on any atom is -0.481 e. The number of carboxylic acids is 1. The van der Waals surface area contributed by atoms with Crippen LogP contribution in [0.2, 0.25) is 0 Å². The van der Waals surface area contributed by atoms with Gasteiger partial charge in [0.2, 0.25) is 0 Å². The molecule has 0 unspecified atom stereocenters. The molecule has 0 fully saturated rings. The van der Waals surface area contributed by atoms with Crippen LogP contribution in [-0.2, 0) is 11.2 Å². The van der Waals surface area contributed by atoms with Gasteiger partial charge in [0.15, 0.2) is 0 Å². The summed E-state index contributed by atoms with van der Waals surface area (Å²) in [6, 6.07) is 6.82. The fraction of sp³-hybridized carbons (Fsp3) is 0.273. The summed E-state index contributed by atoms with van der Waals surface area (Å²) in [5, 5.41) is 13.7. The number of rotatable bonds is 4. The van der Waals surface area contributed by atoms with Gasteiger partial charge in [0.05, 0.1) is 0 Å². The summed E-state index contributed by atoms with van der Waals surface area (Å²) in [7, 11) is 1.52. The van der Waals surface area contributed by atoms with Crippen LogP contribution in [0.1, 0.15) is 12.0 Å². The number of amides is 2. The zero-order valence-corrected chi connectivity index (χ0v) is 8.99. The van der Waals surface area contributed by atoms with Crippen molar-refractivity contribution in [3.63, 3.8) is 0 Å². The fourth-order valence-electron chi connectivity index (χ4n) is 1.29. The fourth-order valence-corrected chi connectivity index (χ4v) is 1.29. The Labute approximate surface area is 93.5 Å². The van der Waals surface area contributed by atoms with Gasteiger partial charge in [-0.1, -0.05) is 18.2 Å². The first-order valence-corrected chi connectivity index (χ1v) is 4.92. The smallest absolute Gasteiger partial charge is 0.318 e. The van der Waals surface area contributed by atoms with Crippen LogP contribution in [0.25, 0.3) is 0 Å². The normalized spacial score (nSPS) is 9.56. The maximum Gasteiger partial charge on any atom is 0.318 e. The molecule has 1 rings (SSSR count). The predicted molar refractivity (Wildman–Crippen MR) is 60.5 cm³/mol. The molecule has 5 heteroatoms. The molecule has 0 atom stereocenters. The van der Waals surface area contributed by atoms with Crippen LogP contribution in [0.4, 0.5) is 10.5 Å². The Balaban J connectivity index is 2.74. The van der Waals surface area contributed by atoms with Crippen molar-refractivity contribution in [3.05, 3.63) is 29.8 Å². The van der Waals surface area contributed by atoms with Crippen molar-refractivity contribution in [1.29, 1.82) is 0 Å². The largest absolute Gasteiger partial charge is 0.481 e. The van der Waals surface area contributed by atoms with Gasteiger partial charge >= 0.3 is 12.0 Å². The first-order chi connectivity index (χ1) is 7.63. The summed E-state index contributed by atoms with van der Waals surface area (Å²) in [4.78, 5) is 21.6. The van der Waals surface area contributed by atoms with Crippen molar-refractivity contribution in [2.24, 2.45) is 0 Å². The van der Waals surface area contributed by atoms with Crippen LogP contribution in [0.3, 0.4) is 0 Å². The molecule has 0 spiro atoms. The number of anilines is 1. The number of para-hydroxylation sites is 1. The number of carbonyl (C=O) groups is 2. The van der Waals surface area contributed by atoms with Crippen molar-refractivity contribution in [2.75, 3.05) is 12.4 Å². The first-order valence-electron chi connectivity index (χ1n) is 4.92. The van der Waals surface area contributed by atoms with Crippen molar-refractivity contribution in [3.8, 4) is 0 Å². The highest BCUT2D eigenvalue weighted by Crippen LogP contribution is 2.16. The molecular formula is C11H14N2O3. The number of hydrogen-bond acceptors (Lipinski definition) is 2. The SMILES string of the molecule is CNC(=O)Nc1ccccc1CCC(=O)O. The molecule has 86 valence electrons. The molecule has 0 saturated carbocycles. The van der Waals surface area contributed by atoms with E-state index in [1.807, 2.05) is 6.07 Å². The Bertz CT molecular complexity index is 391. The van der Waals surface area contributed by atoms with E-state index in [2.05, 4.69) is 10.6 Å². The van der Waals surface area contributed by atoms with Gasteiger partial charge in [-0.3, -0.25) is 4.79 Å². The Kier molecular flexibility index (Phi) is 4.32. The van der Waals surface area contributed by atoms with E-state index in [0.29, 0.717) is 12.1 Å². The highest BCUT2D eigenvalue weighted by atomic mass is 16.4. The van der Waals surface area contributed by atoms with Gasteiger partial charge in [-0.25, -0.2) is 4.79 Å². The molecule has 0 aromatic heterocycles. The molecule has 0 saturated heterocycles. The molecular weight excluding hydrogens is 208 g/mol. The number of hydrogen-bond donors (Lipinski definition) is 3. The maximum absolute atomic E-state index is 11.1. The summed E-state index contributed by atoms with van der Waals surface area (Å²) in [6.07, 6.45) is 0.446. The lowest BCUT2D eigenvalue weighted by Crippen LogP contribution is -2.25. The van der Waals surface area contributed by atoms with Gasteiger partial charge in [-0.2, -0.15) is 0 Å². The number of urea groups is 1. The topological polar surface area (TPSA) is 78.4 Å². The van der Waals surface area contributed by atoms with Gasteiger partial charge < -0.3 is 15.7 Å². The van der Waals surface area contributed by atoms with Gasteiger partial charge in [0.1, 0.15) is 0 Å². The number of aliphatic carboxylic acids is 1. The first kappa shape index (κ1) is 12.0. The van der Waals surface area contributed by atoms with Gasteiger partial charge in [0.25, 0.3) is 0 Å². The Morgan fingerprint density at radius 2 is 2.00 bits per heavy atom. The number of carboxylic acid groups (broad SMARTS) is 1. The molecule has 0 aliphatic carbocycles. The molecule has 0 heterocycles. The third-order valence-corrected chi connectivity index (χ3v) is 2.10. The van der Waals surface area contributed by atoms with Crippen molar-refractivity contribution < 1.29 is 14.7 Å². The quantitative estimate of drug-likeness (QED) is 0.721. The van der Waals surface area contributed by atoms with Crippen LogP contribution in [0.5, 0.6) is 0 Å². The Hall–Kier alpha value is -2.04. The summed E-state index contributed by atoms with van der Waals surface area (Å²) < 4.78 is 0. The summed E-state index contributed by atoms with van der Waals surface area (Å²) in [6.45, 7) is 0. The van der Waals surface area contributed by atoms with E-state index in [1.54, 1.807) is 18.2 Å². The highest BCUT2D eigenvalue weighted by Gasteiger charge is 2.06. The lowest BCUT2D eigenvalue weighted by atomic mass is 10.1. The summed E-state index contributed by atoms with van der Waals surface area (Å²) >= 11 is 0. The molecule has 1 aromatic carbocycles. The second kappa shape index (κ2) is 5.75. The van der Waals surface area contributed by atoms with Crippen LogP contribution < -0.4 is 10.6 Å². The minimum atomic E-state index is -0.852. The second-order valence-corrected chi connectivity index (χ2v) is 3.26. The van der Waals surface area contributed by atoms with Gasteiger partial charge in [0, 0.05) is 19.2 Å². The maximum atomic E-state index is 11.1. The molecule has 5 nitrogen and oxygen atoms in total. The Morgan fingerprint density at radius 1 is 1.31 bits per heavy atom. The molecule has 3 N–H and O–H groups in total. The van der Waals surface area contributed by atoms with E-state index < -0.39 is 5.97 Å². The molecule has 2 amide bonds. The molecule has 0 radical (unpaired) electrons. The van der Waals surface area contributed by atoms with Crippen molar-refractivity contribution >= 4 is 17.7 Å². The molecule has 0 bridgehead atoms. The summed E-state index contributed by atoms with van der Waals surface area (Å²) in [5.74, 6) is -0.852. The lowest BCUT2D eigenvalue weighted by molar-refractivity contribution is -0.136. The van der Waals surface area contributed by atoms with Crippen LogP contribution in [0, 0.1) is 0 Å². The third-order valence-electron chi connectivity index (χ3n) is 2.10. The van der Waals surface area contributed by atoms with Crippen molar-refractivity contribution in [1.82, 2.24) is 5.32 Å². The van der Waals surface area contributed by atoms with Crippen LogP contribution in [-0.4, -0.2) is 24.2 Å². The zero-order chi connectivity index (χ0) is 12.0. The number of benzene rings is 1. The van der Waals surface area contributed by atoms with Crippen LogP contribution in [0.15, 0.2) is 24.3 Å². The van der Waals surface area contributed by atoms with Crippen molar-refractivity contribution in [2.45, 2.75) is 12.8 Å². The highest BCUT2D eigenvalue weighted by molar-refractivity contribution is 5.89. The van der Waals surface area contributed by atoms with E-state index in [4.69, 9.17) is 5.11 Å². The number of carbonyl (C=O) groups excluding carboxylic acids is 1. The zero-order valence-electron chi connectivity index (χ0n) is 8.99. The third kappa shape index (κ3) is 3.61. The molecule has 16 heavy (non-hydrogen) atoms. The second-order valence-electron chi connectivity index (χ2n) is 3.26. The van der Waals surface area contributed by atoms with E-state index in [1.165, 1.54) is 7.05 Å². The van der Waals surface area contributed by atoms with E-state index in [-0.39, 0.29) is 12.5 Å². The molecule has 1 aromatic rings. The van der Waals surface area contributed by atoms with Gasteiger partial charge in [-0.15, -0.1) is 0 Å². The van der Waals surface area contributed by atoms with Gasteiger partial charge in [-0.05, 0) is 18.1 Å². The monoisotopic (exact) mass is 222 g/mol. The lowest BCUT2D eigenvalue weighted by Gasteiger charge is -2.09. The molecule has 0 aliphatic heterocycles. The number of nitrogens with one attached hydrogen (secondary N) is 2. The standard InChI is InChI=1S/C11H14N2O3/c1-12-11(16)13-9-5-3-2-4-8(9)6-7-10(14)15/h2-5H,6-7H2,1H3,(H,14,15)(H2,12,13,16). The molecule has 0 aliphatic rings. The summed E-state index contributed by atoms with van der Waals surface area (Å²) in [5.41, 5.74) is 1.46. The predicted octanol–water partition coefficient (Wildman–Crippen LogP) is 1.46. The van der Waals surface area contributed by atoms with E-state index in [0.717, 1.165) is 5.56 Å². The van der Waals surface area contributed by atoms with E-state index in [9.17, 15) is 9.59 Å². The van der Waals surface area contributed by atoms with Crippen LogP contribution >= 0.6 is 0 Å². The Morgan fingerprint density at radius 3 is 2.62 bits per heavy atom. The van der Waals surface area contributed by atoms with E-state index >= 15 is 0 Å².